The summed E-state index contributed by atoms with van der Waals surface area (Å²) in [5, 5.41) is 3.52. The molecule has 2 heteroatoms. The van der Waals surface area contributed by atoms with Gasteiger partial charge in [-0.3, -0.25) is 0 Å². The topological polar surface area (TPSA) is 21.3 Å². The second-order valence-electron chi connectivity index (χ2n) is 6.16. The summed E-state index contributed by atoms with van der Waals surface area (Å²) in [6.07, 6.45) is 9.41. The molecule has 0 saturated heterocycles. The zero-order valence-electron chi connectivity index (χ0n) is 12.9. The lowest BCUT2D eigenvalue weighted by molar-refractivity contribution is -0.102. The predicted octanol–water partition coefficient (Wildman–Crippen LogP) is 4.14. The van der Waals surface area contributed by atoms with E-state index in [2.05, 4.69) is 33.0 Å². The van der Waals surface area contributed by atoms with Crippen LogP contribution in [0.1, 0.15) is 72.6 Å². The molecule has 2 nitrogen and oxygen atoms in total. The van der Waals surface area contributed by atoms with Gasteiger partial charge in [0.2, 0.25) is 0 Å². The maximum absolute atomic E-state index is 6.44. The Bertz CT molecular complexity index is 219. The summed E-state index contributed by atoms with van der Waals surface area (Å²) in [4.78, 5) is 0. The van der Waals surface area contributed by atoms with Gasteiger partial charge in [0.25, 0.3) is 0 Å². The van der Waals surface area contributed by atoms with Crippen LogP contribution in [0, 0.1) is 5.92 Å². The van der Waals surface area contributed by atoms with Crippen LogP contribution in [0.3, 0.4) is 0 Å². The third-order valence-electron chi connectivity index (χ3n) is 4.44. The van der Waals surface area contributed by atoms with Crippen molar-refractivity contribution in [3.8, 4) is 0 Å². The van der Waals surface area contributed by atoms with E-state index in [-0.39, 0.29) is 5.60 Å². The van der Waals surface area contributed by atoms with Crippen LogP contribution in [0.2, 0.25) is 0 Å². The molecule has 0 heterocycles. The van der Waals surface area contributed by atoms with Crippen molar-refractivity contribution in [2.24, 2.45) is 5.92 Å². The fourth-order valence-electron chi connectivity index (χ4n) is 2.90. The Kier molecular flexibility index (Phi) is 7.25. The summed E-state index contributed by atoms with van der Waals surface area (Å²) in [7, 11) is 0. The fourth-order valence-corrected chi connectivity index (χ4v) is 2.90. The van der Waals surface area contributed by atoms with Gasteiger partial charge in [0.15, 0.2) is 0 Å². The lowest BCUT2D eigenvalue weighted by Gasteiger charge is -2.37. The summed E-state index contributed by atoms with van der Waals surface area (Å²) >= 11 is 0. The molecule has 0 aliphatic heterocycles. The van der Waals surface area contributed by atoms with Gasteiger partial charge in [-0.25, -0.2) is 0 Å². The highest BCUT2D eigenvalue weighted by atomic mass is 16.5. The monoisotopic (exact) mass is 255 g/mol. The molecule has 18 heavy (non-hydrogen) atoms. The van der Waals surface area contributed by atoms with Crippen molar-refractivity contribution in [2.75, 3.05) is 13.1 Å². The molecular formula is C16H33NO. The predicted molar refractivity (Wildman–Crippen MR) is 79.0 cm³/mol. The molecule has 1 fully saturated rings. The van der Waals surface area contributed by atoms with Crippen LogP contribution >= 0.6 is 0 Å². The van der Waals surface area contributed by atoms with Gasteiger partial charge in [-0.1, -0.05) is 40.0 Å². The molecule has 3 unspecified atom stereocenters. The SMILES string of the molecule is CCCNCC(C)(CC)OC1CCCC(CC)C1. The molecule has 1 saturated carbocycles. The van der Waals surface area contributed by atoms with E-state index < -0.39 is 0 Å². The van der Waals surface area contributed by atoms with Gasteiger partial charge < -0.3 is 10.1 Å². The highest BCUT2D eigenvalue weighted by molar-refractivity contribution is 4.81. The van der Waals surface area contributed by atoms with E-state index in [1.807, 2.05) is 0 Å². The molecule has 0 aromatic heterocycles. The standard InChI is InChI=1S/C16H33NO/c1-5-11-17-13-16(4,7-3)18-15-10-8-9-14(6-2)12-15/h14-15,17H,5-13H2,1-4H3. The molecule has 1 aliphatic rings. The average molecular weight is 255 g/mol. The minimum absolute atomic E-state index is 0.0233. The van der Waals surface area contributed by atoms with Gasteiger partial charge >= 0.3 is 0 Å². The Morgan fingerprint density at radius 3 is 2.61 bits per heavy atom. The summed E-state index contributed by atoms with van der Waals surface area (Å²) in [5.74, 6) is 0.897. The van der Waals surface area contributed by atoms with Gasteiger partial charge in [-0.15, -0.1) is 0 Å². The van der Waals surface area contributed by atoms with Crippen LogP contribution in [0.4, 0.5) is 0 Å². The van der Waals surface area contributed by atoms with Gasteiger partial charge in [0.05, 0.1) is 11.7 Å². The Balaban J connectivity index is 2.40. The summed E-state index contributed by atoms with van der Waals surface area (Å²) in [6, 6.07) is 0. The second kappa shape index (κ2) is 8.16. The largest absolute Gasteiger partial charge is 0.371 e. The highest BCUT2D eigenvalue weighted by Crippen LogP contribution is 2.31. The van der Waals surface area contributed by atoms with Crippen LogP contribution < -0.4 is 5.32 Å². The Labute approximate surface area is 114 Å². The normalized spacial score (nSPS) is 28.0. The van der Waals surface area contributed by atoms with Crippen molar-refractivity contribution in [1.82, 2.24) is 5.32 Å². The number of ether oxygens (including phenoxy) is 1. The molecule has 1 aliphatic carbocycles. The molecule has 0 spiro atoms. The van der Waals surface area contributed by atoms with E-state index >= 15 is 0 Å². The van der Waals surface area contributed by atoms with E-state index in [1.165, 1.54) is 38.5 Å². The number of nitrogens with one attached hydrogen (secondary N) is 1. The minimum Gasteiger partial charge on any atom is -0.371 e. The number of hydrogen-bond donors (Lipinski definition) is 1. The molecule has 0 aromatic carbocycles. The molecular weight excluding hydrogens is 222 g/mol. The van der Waals surface area contributed by atoms with Gasteiger partial charge in [0.1, 0.15) is 0 Å². The third-order valence-corrected chi connectivity index (χ3v) is 4.44. The van der Waals surface area contributed by atoms with E-state index in [4.69, 9.17) is 4.74 Å². The van der Waals surface area contributed by atoms with Crippen LogP contribution in [0.25, 0.3) is 0 Å². The number of rotatable bonds is 8. The second-order valence-corrected chi connectivity index (χ2v) is 6.16. The quantitative estimate of drug-likeness (QED) is 0.658. The number of hydrogen-bond acceptors (Lipinski definition) is 2. The van der Waals surface area contributed by atoms with E-state index in [9.17, 15) is 0 Å². The van der Waals surface area contributed by atoms with Crippen LogP contribution in [-0.4, -0.2) is 24.8 Å². The Hall–Kier alpha value is -0.0800. The molecule has 108 valence electrons. The zero-order chi connectivity index (χ0) is 13.4. The van der Waals surface area contributed by atoms with Crippen LogP contribution in [0.15, 0.2) is 0 Å². The van der Waals surface area contributed by atoms with Crippen molar-refractivity contribution in [1.29, 1.82) is 0 Å². The lowest BCUT2D eigenvalue weighted by atomic mass is 9.85. The van der Waals surface area contributed by atoms with E-state index in [0.717, 1.165) is 25.4 Å². The molecule has 1 N–H and O–H groups in total. The molecule has 0 bridgehead atoms. The molecule has 0 radical (unpaired) electrons. The minimum atomic E-state index is 0.0233. The summed E-state index contributed by atoms with van der Waals surface area (Å²) in [6.45, 7) is 11.1. The highest BCUT2D eigenvalue weighted by Gasteiger charge is 2.29. The molecule has 0 aromatic rings. The van der Waals surface area contributed by atoms with E-state index in [0.29, 0.717) is 6.10 Å². The van der Waals surface area contributed by atoms with Crippen molar-refractivity contribution in [3.63, 3.8) is 0 Å². The molecule has 1 rings (SSSR count). The molecule has 3 atom stereocenters. The average Bonchev–Trinajstić information content (AvgIpc) is 2.39. The van der Waals surface area contributed by atoms with Crippen molar-refractivity contribution in [2.45, 2.75) is 84.3 Å². The van der Waals surface area contributed by atoms with E-state index in [1.54, 1.807) is 0 Å². The fraction of sp³-hybridized carbons (Fsp3) is 1.00. The smallest absolute Gasteiger partial charge is 0.0779 e. The zero-order valence-corrected chi connectivity index (χ0v) is 12.9. The van der Waals surface area contributed by atoms with Gasteiger partial charge in [-0.05, 0) is 45.1 Å². The van der Waals surface area contributed by atoms with Crippen molar-refractivity contribution >= 4 is 0 Å². The third kappa shape index (κ3) is 5.27. The molecule has 0 amide bonds. The maximum atomic E-state index is 6.44. The summed E-state index contributed by atoms with van der Waals surface area (Å²) < 4.78 is 6.44. The first-order valence-corrected chi connectivity index (χ1v) is 8.02. The maximum Gasteiger partial charge on any atom is 0.0779 e. The van der Waals surface area contributed by atoms with Crippen molar-refractivity contribution in [3.05, 3.63) is 0 Å². The lowest BCUT2D eigenvalue weighted by Crippen LogP contribution is -2.43. The van der Waals surface area contributed by atoms with Crippen molar-refractivity contribution < 1.29 is 4.74 Å². The van der Waals surface area contributed by atoms with Crippen LogP contribution in [0.5, 0.6) is 0 Å². The first-order chi connectivity index (χ1) is 8.63. The van der Waals surface area contributed by atoms with Gasteiger partial charge in [-0.2, -0.15) is 0 Å². The summed E-state index contributed by atoms with van der Waals surface area (Å²) in [5.41, 5.74) is 0.0233. The van der Waals surface area contributed by atoms with Gasteiger partial charge in [0, 0.05) is 6.54 Å². The first-order valence-electron chi connectivity index (χ1n) is 8.02. The Morgan fingerprint density at radius 2 is 2.00 bits per heavy atom. The first kappa shape index (κ1) is 16.0. The van der Waals surface area contributed by atoms with Crippen LogP contribution in [-0.2, 0) is 4.74 Å². The Morgan fingerprint density at radius 1 is 1.22 bits per heavy atom.